The van der Waals surface area contributed by atoms with Crippen molar-refractivity contribution in [1.29, 1.82) is 0 Å². The summed E-state index contributed by atoms with van der Waals surface area (Å²) in [5, 5.41) is 3.19. The van der Waals surface area contributed by atoms with Gasteiger partial charge >= 0.3 is 5.97 Å². The van der Waals surface area contributed by atoms with Crippen molar-refractivity contribution in [3.63, 3.8) is 0 Å². The van der Waals surface area contributed by atoms with Crippen molar-refractivity contribution in [1.82, 2.24) is 10.2 Å². The molecule has 4 nitrogen and oxygen atoms in total. The smallest absolute Gasteiger partial charge is 0.323 e. The number of piperidine rings is 1. The first-order valence-corrected chi connectivity index (χ1v) is 5.21. The maximum absolute atomic E-state index is 11.5. The maximum atomic E-state index is 11.5. The molecule has 0 amide bonds. The second-order valence-electron chi connectivity index (χ2n) is 3.90. The zero-order valence-electron chi connectivity index (χ0n) is 9.25. The molecule has 1 fully saturated rings. The first-order valence-electron chi connectivity index (χ1n) is 5.21. The molecule has 1 N–H and O–H groups in total. The Labute approximate surface area is 85.6 Å². The van der Waals surface area contributed by atoms with Gasteiger partial charge in [-0.2, -0.15) is 0 Å². The highest BCUT2D eigenvalue weighted by molar-refractivity contribution is 5.75. The molecular formula is C10H20N2O2. The number of carbonyl (C=O) groups is 1. The van der Waals surface area contributed by atoms with Crippen LogP contribution in [-0.4, -0.2) is 50.2 Å². The van der Waals surface area contributed by atoms with Crippen LogP contribution < -0.4 is 5.32 Å². The first-order chi connectivity index (χ1) is 6.65. The summed E-state index contributed by atoms with van der Waals surface area (Å²) >= 11 is 0. The molecule has 0 aromatic rings. The van der Waals surface area contributed by atoms with Crippen molar-refractivity contribution in [3.8, 4) is 0 Å². The van der Waals surface area contributed by atoms with Gasteiger partial charge in [-0.1, -0.05) is 0 Å². The summed E-state index contributed by atoms with van der Waals surface area (Å²) in [6.45, 7) is 3.19. The van der Waals surface area contributed by atoms with Crippen LogP contribution in [-0.2, 0) is 9.53 Å². The van der Waals surface area contributed by atoms with E-state index in [1.165, 1.54) is 0 Å². The van der Waals surface area contributed by atoms with Gasteiger partial charge in [-0.15, -0.1) is 0 Å². The number of ether oxygens (including phenoxy) is 1. The maximum Gasteiger partial charge on any atom is 0.323 e. The van der Waals surface area contributed by atoms with Gasteiger partial charge in [0.2, 0.25) is 0 Å². The van der Waals surface area contributed by atoms with Crippen LogP contribution in [0, 0.1) is 0 Å². The van der Waals surface area contributed by atoms with Crippen LogP contribution in [0.2, 0.25) is 0 Å². The highest BCUT2D eigenvalue weighted by Gasteiger charge is 2.28. The van der Waals surface area contributed by atoms with E-state index in [4.69, 9.17) is 4.74 Å². The van der Waals surface area contributed by atoms with E-state index in [1.807, 2.05) is 6.92 Å². The molecule has 1 saturated heterocycles. The molecule has 1 aliphatic rings. The number of esters is 1. The summed E-state index contributed by atoms with van der Waals surface area (Å²) < 4.78 is 4.99. The molecule has 0 spiro atoms. The average Bonchev–Trinajstić information content (AvgIpc) is 2.18. The third kappa shape index (κ3) is 2.96. The molecule has 0 aromatic carbocycles. The van der Waals surface area contributed by atoms with E-state index >= 15 is 0 Å². The number of nitrogens with one attached hydrogen (secondary N) is 1. The van der Waals surface area contributed by atoms with E-state index in [0.717, 1.165) is 19.4 Å². The normalized spacial score (nSPS) is 27.7. The Morgan fingerprint density at radius 1 is 1.57 bits per heavy atom. The number of rotatable bonds is 3. The fourth-order valence-electron chi connectivity index (χ4n) is 1.79. The number of nitrogens with zero attached hydrogens (tertiary/aromatic N) is 1. The number of hydrogen-bond donors (Lipinski definition) is 1. The molecule has 1 heterocycles. The van der Waals surface area contributed by atoms with Crippen LogP contribution in [0.15, 0.2) is 0 Å². The molecule has 0 bridgehead atoms. The van der Waals surface area contributed by atoms with Crippen molar-refractivity contribution in [3.05, 3.63) is 0 Å². The summed E-state index contributed by atoms with van der Waals surface area (Å²) in [6.07, 6.45) is 1.95. The number of carbonyl (C=O) groups excluding carboxylic acids is 1. The summed E-state index contributed by atoms with van der Waals surface area (Å²) in [6, 6.07) is 0.377. The third-order valence-electron chi connectivity index (χ3n) is 2.68. The van der Waals surface area contributed by atoms with Crippen molar-refractivity contribution < 1.29 is 9.53 Å². The SMILES string of the molecule is CCOC(=O)[C@H]1C[C@@H](N(C)C)CCN1. The summed E-state index contributed by atoms with van der Waals surface area (Å²) in [5.74, 6) is -0.112. The Hall–Kier alpha value is -0.610. The van der Waals surface area contributed by atoms with Gasteiger partial charge in [-0.25, -0.2) is 0 Å². The van der Waals surface area contributed by atoms with E-state index in [-0.39, 0.29) is 12.0 Å². The van der Waals surface area contributed by atoms with Gasteiger partial charge in [0.15, 0.2) is 0 Å². The predicted molar refractivity (Wildman–Crippen MR) is 55.1 cm³/mol. The lowest BCUT2D eigenvalue weighted by Crippen LogP contribution is -2.49. The fourth-order valence-corrected chi connectivity index (χ4v) is 1.79. The number of hydrogen-bond acceptors (Lipinski definition) is 4. The molecule has 82 valence electrons. The quantitative estimate of drug-likeness (QED) is 0.662. The lowest BCUT2D eigenvalue weighted by atomic mass is 9.99. The third-order valence-corrected chi connectivity index (χ3v) is 2.68. The van der Waals surface area contributed by atoms with Gasteiger partial charge in [-0.05, 0) is 40.4 Å². The standard InChI is InChI=1S/C10H20N2O2/c1-4-14-10(13)9-7-8(12(2)3)5-6-11-9/h8-9,11H,4-7H2,1-3H3/t8-,9+/m0/s1. The summed E-state index contributed by atoms with van der Waals surface area (Å²) in [4.78, 5) is 13.6. The topological polar surface area (TPSA) is 41.6 Å². The van der Waals surface area contributed by atoms with Gasteiger partial charge in [0.05, 0.1) is 6.61 Å². The molecule has 14 heavy (non-hydrogen) atoms. The Balaban J connectivity index is 2.43. The average molecular weight is 200 g/mol. The lowest BCUT2D eigenvalue weighted by Gasteiger charge is -2.32. The van der Waals surface area contributed by atoms with Crippen molar-refractivity contribution >= 4 is 5.97 Å². The molecule has 4 heteroatoms. The van der Waals surface area contributed by atoms with Crippen molar-refractivity contribution in [2.24, 2.45) is 0 Å². The molecule has 0 aromatic heterocycles. The highest BCUT2D eigenvalue weighted by atomic mass is 16.5. The van der Waals surface area contributed by atoms with E-state index in [1.54, 1.807) is 0 Å². The van der Waals surface area contributed by atoms with Crippen molar-refractivity contribution in [2.45, 2.75) is 31.8 Å². The monoisotopic (exact) mass is 200 g/mol. The molecule has 0 unspecified atom stereocenters. The van der Waals surface area contributed by atoms with E-state index in [9.17, 15) is 4.79 Å². The van der Waals surface area contributed by atoms with E-state index < -0.39 is 0 Å². The van der Waals surface area contributed by atoms with Gasteiger partial charge in [0, 0.05) is 6.04 Å². The Bertz CT molecular complexity index is 195. The van der Waals surface area contributed by atoms with E-state index in [0.29, 0.717) is 12.6 Å². The minimum Gasteiger partial charge on any atom is -0.465 e. The van der Waals surface area contributed by atoms with Crippen LogP contribution in [0.5, 0.6) is 0 Å². The Morgan fingerprint density at radius 2 is 2.29 bits per heavy atom. The second-order valence-corrected chi connectivity index (χ2v) is 3.90. The fraction of sp³-hybridized carbons (Fsp3) is 0.900. The van der Waals surface area contributed by atoms with Crippen LogP contribution in [0.25, 0.3) is 0 Å². The van der Waals surface area contributed by atoms with Crippen molar-refractivity contribution in [2.75, 3.05) is 27.2 Å². The highest BCUT2D eigenvalue weighted by Crippen LogP contribution is 2.13. The van der Waals surface area contributed by atoms with Gasteiger partial charge in [0.25, 0.3) is 0 Å². The van der Waals surface area contributed by atoms with Gasteiger partial charge in [-0.3, -0.25) is 4.79 Å². The zero-order chi connectivity index (χ0) is 10.6. The van der Waals surface area contributed by atoms with Crippen LogP contribution in [0.3, 0.4) is 0 Å². The van der Waals surface area contributed by atoms with Gasteiger partial charge < -0.3 is 15.0 Å². The molecule has 1 aliphatic heterocycles. The summed E-state index contributed by atoms with van der Waals surface area (Å²) in [5.41, 5.74) is 0. The Morgan fingerprint density at radius 3 is 2.86 bits per heavy atom. The molecule has 2 atom stereocenters. The summed E-state index contributed by atoms with van der Waals surface area (Å²) in [7, 11) is 4.11. The van der Waals surface area contributed by atoms with Crippen LogP contribution >= 0.6 is 0 Å². The second kappa shape index (κ2) is 5.32. The molecule has 0 saturated carbocycles. The minimum absolute atomic E-state index is 0.112. The van der Waals surface area contributed by atoms with Gasteiger partial charge in [0.1, 0.15) is 6.04 Å². The van der Waals surface area contributed by atoms with Crippen LogP contribution in [0.4, 0.5) is 0 Å². The molecule has 0 aliphatic carbocycles. The largest absolute Gasteiger partial charge is 0.465 e. The zero-order valence-corrected chi connectivity index (χ0v) is 9.25. The molecule has 0 radical (unpaired) electrons. The lowest BCUT2D eigenvalue weighted by molar-refractivity contribution is -0.146. The Kier molecular flexibility index (Phi) is 4.35. The minimum atomic E-state index is -0.115. The molecular weight excluding hydrogens is 180 g/mol. The molecule has 1 rings (SSSR count). The first kappa shape index (κ1) is 11.5. The van der Waals surface area contributed by atoms with Crippen LogP contribution in [0.1, 0.15) is 19.8 Å². The predicted octanol–water partition coefficient (Wildman–Crippen LogP) is 0.232. The van der Waals surface area contributed by atoms with E-state index in [2.05, 4.69) is 24.3 Å².